The predicted molar refractivity (Wildman–Crippen MR) is 126 cm³/mol. The molecule has 1 aromatic carbocycles. The van der Waals surface area contributed by atoms with E-state index < -0.39 is 11.3 Å². The molecule has 1 fully saturated rings. The van der Waals surface area contributed by atoms with Crippen LogP contribution in [-0.4, -0.2) is 43.8 Å². The minimum atomic E-state index is -0.623. The fourth-order valence-electron chi connectivity index (χ4n) is 3.47. The molecule has 0 N–H and O–H groups in total. The van der Waals surface area contributed by atoms with Crippen LogP contribution in [0.2, 0.25) is 0 Å². The minimum absolute atomic E-state index is 0.130. The first kappa shape index (κ1) is 21.4. The number of hydrogen-bond donors (Lipinski definition) is 0. The van der Waals surface area contributed by atoms with Crippen molar-refractivity contribution in [2.45, 2.75) is 30.2 Å². The Kier molecular flexibility index (Phi) is 6.49. The number of rotatable bonds is 6. The van der Waals surface area contributed by atoms with Crippen LogP contribution in [0.15, 0.2) is 59.6 Å². The van der Waals surface area contributed by atoms with E-state index in [1.807, 2.05) is 47.8 Å². The van der Waals surface area contributed by atoms with Gasteiger partial charge < -0.3 is 9.64 Å². The first-order chi connectivity index (χ1) is 14.5. The second-order valence-electron chi connectivity index (χ2n) is 6.87. The number of carbonyl (C=O) groups excluding carboxylic acids is 3. The minimum Gasteiger partial charge on any atom is -0.460 e. The van der Waals surface area contributed by atoms with Crippen LogP contribution in [0.25, 0.3) is 0 Å². The highest BCUT2D eigenvalue weighted by Crippen LogP contribution is 2.45. The topological polar surface area (TPSA) is 66.9 Å². The molecule has 6 nitrogen and oxygen atoms in total. The standard InChI is InChI=1S/C21H19IN2O4S2/c1-13(25)24(16-8-5-9-29-16)17-19(26)23-11-15(10-22)18(30-20(17)23)21(27)28-12-14-6-3-2-4-7-14/h2-9,11,17-18,20H,10,12H2,1H3/t17?,18?,20-/m1/s1. The van der Waals surface area contributed by atoms with Gasteiger partial charge in [-0.25, -0.2) is 0 Å². The Morgan fingerprint density at radius 3 is 2.60 bits per heavy atom. The lowest BCUT2D eigenvalue weighted by Crippen LogP contribution is -2.70. The molecule has 0 spiro atoms. The molecule has 0 bridgehead atoms. The summed E-state index contributed by atoms with van der Waals surface area (Å²) < 4.78 is 6.17. The number of alkyl halides is 1. The first-order valence-electron chi connectivity index (χ1n) is 9.29. The summed E-state index contributed by atoms with van der Waals surface area (Å²) in [5.74, 6) is -0.646. The maximum Gasteiger partial charge on any atom is 0.323 e. The van der Waals surface area contributed by atoms with E-state index in [1.54, 1.807) is 11.1 Å². The fraction of sp³-hybridized carbons (Fsp3) is 0.286. The summed E-state index contributed by atoms with van der Waals surface area (Å²) in [5, 5.41) is 1.79. The highest BCUT2D eigenvalue weighted by atomic mass is 127. The Morgan fingerprint density at radius 2 is 1.97 bits per heavy atom. The number of anilines is 1. The first-order valence-corrected chi connectivity index (χ1v) is 12.6. The molecule has 30 heavy (non-hydrogen) atoms. The third-order valence-electron chi connectivity index (χ3n) is 4.92. The van der Waals surface area contributed by atoms with Gasteiger partial charge in [-0.15, -0.1) is 23.1 Å². The Bertz CT molecular complexity index is 980. The zero-order valence-electron chi connectivity index (χ0n) is 16.1. The van der Waals surface area contributed by atoms with Crippen molar-refractivity contribution >= 4 is 68.5 Å². The number of thiophene rings is 1. The van der Waals surface area contributed by atoms with Crippen molar-refractivity contribution in [3.63, 3.8) is 0 Å². The molecule has 2 unspecified atom stereocenters. The summed E-state index contributed by atoms with van der Waals surface area (Å²) in [6.45, 7) is 1.66. The van der Waals surface area contributed by atoms with Crippen LogP contribution in [-0.2, 0) is 25.7 Å². The number of amides is 2. The van der Waals surface area contributed by atoms with Crippen LogP contribution in [0.1, 0.15) is 12.5 Å². The molecule has 156 valence electrons. The van der Waals surface area contributed by atoms with Crippen LogP contribution < -0.4 is 4.90 Å². The van der Waals surface area contributed by atoms with Gasteiger partial charge >= 0.3 is 5.97 Å². The highest BCUT2D eigenvalue weighted by molar-refractivity contribution is 14.1. The molecule has 2 amide bonds. The maximum atomic E-state index is 12.9. The molecule has 0 radical (unpaired) electrons. The molecule has 4 rings (SSSR count). The van der Waals surface area contributed by atoms with Gasteiger partial charge in [-0.3, -0.25) is 19.3 Å². The number of esters is 1. The lowest BCUT2D eigenvalue weighted by Gasteiger charge is -2.51. The van der Waals surface area contributed by atoms with Crippen molar-refractivity contribution in [3.05, 3.63) is 65.2 Å². The second-order valence-corrected chi connectivity index (χ2v) is 9.78. The lowest BCUT2D eigenvalue weighted by atomic mass is 10.0. The Hall–Kier alpha value is -1.85. The third-order valence-corrected chi connectivity index (χ3v) is 8.20. The number of nitrogens with zero attached hydrogens (tertiary/aromatic N) is 2. The van der Waals surface area contributed by atoms with Gasteiger partial charge in [0.05, 0.1) is 5.00 Å². The average Bonchev–Trinajstić information content (AvgIpc) is 3.29. The molecular weight excluding hydrogens is 535 g/mol. The number of benzene rings is 1. The highest BCUT2D eigenvalue weighted by Gasteiger charge is 2.55. The monoisotopic (exact) mass is 554 g/mol. The maximum absolute atomic E-state index is 12.9. The van der Waals surface area contributed by atoms with Gasteiger partial charge in [0.1, 0.15) is 23.3 Å². The molecule has 1 aromatic heterocycles. The van der Waals surface area contributed by atoms with E-state index in [-0.39, 0.29) is 29.8 Å². The molecule has 2 aliphatic rings. The summed E-state index contributed by atoms with van der Waals surface area (Å²) in [5.41, 5.74) is 1.76. The van der Waals surface area contributed by atoms with Crippen LogP contribution in [0.3, 0.4) is 0 Å². The molecule has 0 aliphatic carbocycles. The molecule has 2 aliphatic heterocycles. The van der Waals surface area contributed by atoms with E-state index in [0.29, 0.717) is 4.43 Å². The van der Waals surface area contributed by atoms with E-state index >= 15 is 0 Å². The van der Waals surface area contributed by atoms with Gasteiger partial charge in [0, 0.05) is 17.6 Å². The quantitative estimate of drug-likeness (QED) is 0.235. The van der Waals surface area contributed by atoms with Gasteiger partial charge in [-0.2, -0.15) is 0 Å². The van der Waals surface area contributed by atoms with E-state index in [0.717, 1.165) is 16.1 Å². The largest absolute Gasteiger partial charge is 0.460 e. The Labute approximate surface area is 196 Å². The smallest absolute Gasteiger partial charge is 0.323 e. The van der Waals surface area contributed by atoms with Gasteiger partial charge in [0.15, 0.2) is 0 Å². The van der Waals surface area contributed by atoms with E-state index in [4.69, 9.17) is 4.74 Å². The van der Waals surface area contributed by atoms with Crippen LogP contribution in [0.4, 0.5) is 5.00 Å². The summed E-state index contributed by atoms with van der Waals surface area (Å²) in [4.78, 5) is 41.2. The van der Waals surface area contributed by atoms with Crippen molar-refractivity contribution in [1.29, 1.82) is 0 Å². The van der Waals surface area contributed by atoms with Crippen LogP contribution in [0, 0.1) is 0 Å². The molecule has 2 aromatic rings. The predicted octanol–water partition coefficient (Wildman–Crippen LogP) is 3.82. The number of halogens is 1. The fourth-order valence-corrected chi connectivity index (χ4v) is 6.67. The SMILES string of the molecule is CC(=O)N(c1cccs1)C1C(=O)N2C=C(CI)C(C(=O)OCc3ccccc3)S[C@H]12. The molecular formula is C21H19IN2O4S2. The van der Waals surface area contributed by atoms with Crippen molar-refractivity contribution in [3.8, 4) is 0 Å². The zero-order chi connectivity index (χ0) is 21.3. The summed E-state index contributed by atoms with van der Waals surface area (Å²) in [6.07, 6.45) is 1.76. The van der Waals surface area contributed by atoms with Gasteiger partial charge in [0.25, 0.3) is 5.91 Å². The van der Waals surface area contributed by atoms with Crippen molar-refractivity contribution in [2.75, 3.05) is 9.33 Å². The van der Waals surface area contributed by atoms with Crippen molar-refractivity contribution in [2.24, 2.45) is 0 Å². The van der Waals surface area contributed by atoms with Crippen molar-refractivity contribution in [1.82, 2.24) is 4.90 Å². The number of β-lactam (4-membered cyclic amide) rings is 1. The molecule has 3 heterocycles. The normalized spacial score (nSPS) is 22.6. The Balaban J connectivity index is 1.53. The van der Waals surface area contributed by atoms with Crippen molar-refractivity contribution < 1.29 is 19.1 Å². The summed E-state index contributed by atoms with van der Waals surface area (Å²) in [7, 11) is 0. The molecule has 1 saturated heterocycles. The van der Waals surface area contributed by atoms with E-state index in [2.05, 4.69) is 22.6 Å². The lowest BCUT2D eigenvalue weighted by molar-refractivity contribution is -0.145. The number of fused-ring (bicyclic) bond motifs is 1. The summed E-state index contributed by atoms with van der Waals surface area (Å²) >= 11 is 4.98. The zero-order valence-corrected chi connectivity index (χ0v) is 19.9. The van der Waals surface area contributed by atoms with Crippen LogP contribution in [0.5, 0.6) is 0 Å². The van der Waals surface area contributed by atoms with E-state index in [1.165, 1.54) is 34.9 Å². The van der Waals surface area contributed by atoms with Gasteiger partial charge in [0.2, 0.25) is 5.91 Å². The molecule has 9 heteroatoms. The number of carbonyl (C=O) groups is 3. The number of ether oxygens (including phenoxy) is 1. The van der Waals surface area contributed by atoms with E-state index in [9.17, 15) is 14.4 Å². The second kappa shape index (κ2) is 9.11. The average molecular weight is 554 g/mol. The number of hydrogen-bond acceptors (Lipinski definition) is 6. The third kappa shape index (κ3) is 4.02. The molecule has 0 saturated carbocycles. The summed E-state index contributed by atoms with van der Waals surface area (Å²) in [6, 6.07) is 12.6. The van der Waals surface area contributed by atoms with Gasteiger partial charge in [-0.05, 0) is 28.6 Å². The Morgan fingerprint density at radius 1 is 1.20 bits per heavy atom. The van der Waals surface area contributed by atoms with Gasteiger partial charge in [-0.1, -0.05) is 52.9 Å². The molecule has 3 atom stereocenters. The van der Waals surface area contributed by atoms with Crippen LogP contribution >= 0.6 is 45.7 Å². The number of thioether (sulfide) groups is 1.